The first-order valence-electron chi connectivity index (χ1n) is 4.46. The molecule has 5 N–H and O–H groups in total. The maximum absolute atomic E-state index is 11.1. The molecule has 0 atom stereocenters. The van der Waals surface area contributed by atoms with Crippen LogP contribution in [-0.4, -0.2) is 11.9 Å². The molecule has 0 aliphatic carbocycles. The molecule has 0 spiro atoms. The van der Waals surface area contributed by atoms with E-state index < -0.39 is 5.91 Å². The zero-order chi connectivity index (χ0) is 10.7. The van der Waals surface area contributed by atoms with E-state index in [-0.39, 0.29) is 6.04 Å². The van der Waals surface area contributed by atoms with Crippen LogP contribution >= 0.6 is 0 Å². The number of primary amides is 1. The Morgan fingerprint density at radius 3 is 2.57 bits per heavy atom. The molecule has 0 fully saturated rings. The molecule has 14 heavy (non-hydrogen) atoms. The van der Waals surface area contributed by atoms with Gasteiger partial charge in [-0.1, -0.05) is 0 Å². The van der Waals surface area contributed by atoms with Gasteiger partial charge in [0.2, 0.25) is 0 Å². The molecule has 0 aliphatic heterocycles. The summed E-state index contributed by atoms with van der Waals surface area (Å²) < 4.78 is 0. The number of nitrogens with one attached hydrogen (secondary N) is 1. The van der Waals surface area contributed by atoms with Crippen molar-refractivity contribution < 1.29 is 4.79 Å². The first-order chi connectivity index (χ1) is 6.50. The molecule has 4 heteroatoms. The summed E-state index contributed by atoms with van der Waals surface area (Å²) in [6.07, 6.45) is 0. The van der Waals surface area contributed by atoms with Gasteiger partial charge in [-0.05, 0) is 32.0 Å². The van der Waals surface area contributed by atoms with Crippen LogP contribution in [0.5, 0.6) is 0 Å². The third-order valence-corrected chi connectivity index (χ3v) is 1.75. The van der Waals surface area contributed by atoms with E-state index in [1.165, 1.54) is 0 Å². The number of carbonyl (C=O) groups excluding carboxylic acids is 1. The molecular weight excluding hydrogens is 178 g/mol. The van der Waals surface area contributed by atoms with Crippen molar-refractivity contribution in [3.05, 3.63) is 23.8 Å². The largest absolute Gasteiger partial charge is 0.399 e. The van der Waals surface area contributed by atoms with Gasteiger partial charge in [0.25, 0.3) is 5.91 Å². The molecule has 76 valence electrons. The van der Waals surface area contributed by atoms with E-state index >= 15 is 0 Å². The van der Waals surface area contributed by atoms with E-state index in [1.807, 2.05) is 13.8 Å². The second-order valence-corrected chi connectivity index (χ2v) is 3.47. The summed E-state index contributed by atoms with van der Waals surface area (Å²) in [6.45, 7) is 3.97. The molecule has 0 unspecified atom stereocenters. The maximum atomic E-state index is 11.1. The van der Waals surface area contributed by atoms with Gasteiger partial charge in [0.15, 0.2) is 0 Å². The van der Waals surface area contributed by atoms with E-state index in [4.69, 9.17) is 11.5 Å². The number of rotatable bonds is 3. The van der Waals surface area contributed by atoms with Gasteiger partial charge in [-0.3, -0.25) is 4.79 Å². The van der Waals surface area contributed by atoms with Gasteiger partial charge >= 0.3 is 0 Å². The summed E-state index contributed by atoms with van der Waals surface area (Å²) in [7, 11) is 0. The minimum absolute atomic E-state index is 0.247. The lowest BCUT2D eigenvalue weighted by Crippen LogP contribution is -2.17. The third-order valence-electron chi connectivity index (χ3n) is 1.75. The Morgan fingerprint density at radius 2 is 2.07 bits per heavy atom. The van der Waals surface area contributed by atoms with Crippen LogP contribution in [-0.2, 0) is 0 Å². The first kappa shape index (κ1) is 10.4. The van der Waals surface area contributed by atoms with Gasteiger partial charge in [0, 0.05) is 17.4 Å². The van der Waals surface area contributed by atoms with Crippen molar-refractivity contribution in [1.82, 2.24) is 0 Å². The van der Waals surface area contributed by atoms with E-state index in [0.29, 0.717) is 11.3 Å². The van der Waals surface area contributed by atoms with Gasteiger partial charge in [-0.2, -0.15) is 0 Å². The Kier molecular flexibility index (Phi) is 2.96. The Hall–Kier alpha value is -1.71. The van der Waals surface area contributed by atoms with Gasteiger partial charge in [-0.25, -0.2) is 0 Å². The predicted octanol–water partition coefficient (Wildman–Crippen LogP) is 1.19. The molecular formula is C10H15N3O. The minimum Gasteiger partial charge on any atom is -0.399 e. The van der Waals surface area contributed by atoms with E-state index in [0.717, 1.165) is 5.69 Å². The number of anilines is 2. The zero-order valence-corrected chi connectivity index (χ0v) is 8.37. The smallest absolute Gasteiger partial charge is 0.250 e. The maximum Gasteiger partial charge on any atom is 0.250 e. The molecule has 1 aromatic carbocycles. The molecule has 0 aliphatic rings. The highest BCUT2D eigenvalue weighted by atomic mass is 16.1. The highest BCUT2D eigenvalue weighted by Crippen LogP contribution is 2.19. The monoisotopic (exact) mass is 193 g/mol. The lowest BCUT2D eigenvalue weighted by molar-refractivity contribution is 0.100. The Labute approximate surface area is 83.3 Å². The van der Waals surface area contributed by atoms with Gasteiger partial charge < -0.3 is 16.8 Å². The van der Waals surface area contributed by atoms with Crippen molar-refractivity contribution in [2.75, 3.05) is 11.1 Å². The molecule has 0 radical (unpaired) electrons. The highest BCUT2D eigenvalue weighted by Gasteiger charge is 2.08. The number of hydrogen-bond acceptors (Lipinski definition) is 3. The zero-order valence-electron chi connectivity index (χ0n) is 8.37. The van der Waals surface area contributed by atoms with Crippen molar-refractivity contribution in [2.45, 2.75) is 19.9 Å². The van der Waals surface area contributed by atoms with Crippen LogP contribution in [0.25, 0.3) is 0 Å². The summed E-state index contributed by atoms with van der Waals surface area (Å²) in [6, 6.07) is 5.32. The highest BCUT2D eigenvalue weighted by molar-refractivity contribution is 5.99. The van der Waals surface area contributed by atoms with Crippen molar-refractivity contribution in [3.63, 3.8) is 0 Å². The number of amides is 1. The Bertz CT molecular complexity index is 347. The molecule has 1 amide bonds. The summed E-state index contributed by atoms with van der Waals surface area (Å²) >= 11 is 0. The molecule has 0 saturated heterocycles. The third kappa shape index (κ3) is 2.39. The molecule has 0 heterocycles. The summed E-state index contributed by atoms with van der Waals surface area (Å²) in [5, 5.41) is 3.13. The lowest BCUT2D eigenvalue weighted by Gasteiger charge is -2.13. The number of nitrogens with two attached hydrogens (primary N) is 2. The standard InChI is InChI=1S/C10H15N3O/c1-6(2)13-9-4-3-7(11)5-8(9)10(12)14/h3-6,13H,11H2,1-2H3,(H2,12,14). The summed E-state index contributed by atoms with van der Waals surface area (Å²) in [5.74, 6) is -0.472. The number of hydrogen-bond donors (Lipinski definition) is 3. The first-order valence-corrected chi connectivity index (χ1v) is 4.46. The quantitative estimate of drug-likeness (QED) is 0.631. The van der Waals surface area contributed by atoms with Gasteiger partial charge in [0.1, 0.15) is 0 Å². The van der Waals surface area contributed by atoms with Crippen LogP contribution in [0, 0.1) is 0 Å². The Balaban J connectivity index is 3.08. The molecule has 0 saturated carbocycles. The Morgan fingerprint density at radius 1 is 1.43 bits per heavy atom. The molecule has 1 rings (SSSR count). The fraction of sp³-hybridized carbons (Fsp3) is 0.300. The topological polar surface area (TPSA) is 81.1 Å². The van der Waals surface area contributed by atoms with E-state index in [2.05, 4.69) is 5.32 Å². The SMILES string of the molecule is CC(C)Nc1ccc(N)cc1C(N)=O. The van der Waals surface area contributed by atoms with Crippen LogP contribution in [0.1, 0.15) is 24.2 Å². The van der Waals surface area contributed by atoms with Crippen LogP contribution in [0.3, 0.4) is 0 Å². The predicted molar refractivity (Wildman–Crippen MR) is 58.1 cm³/mol. The number of carbonyl (C=O) groups is 1. The van der Waals surface area contributed by atoms with E-state index in [1.54, 1.807) is 18.2 Å². The van der Waals surface area contributed by atoms with Gasteiger partial charge in [0.05, 0.1) is 5.56 Å². The second-order valence-electron chi connectivity index (χ2n) is 3.47. The molecule has 1 aromatic rings. The van der Waals surface area contributed by atoms with Crippen molar-refractivity contribution >= 4 is 17.3 Å². The van der Waals surface area contributed by atoms with Crippen molar-refractivity contribution in [2.24, 2.45) is 5.73 Å². The fourth-order valence-electron chi connectivity index (χ4n) is 1.20. The average Bonchev–Trinajstić information content (AvgIpc) is 2.07. The normalized spacial score (nSPS) is 10.2. The minimum atomic E-state index is -0.472. The van der Waals surface area contributed by atoms with Crippen molar-refractivity contribution in [1.29, 1.82) is 0 Å². The van der Waals surface area contributed by atoms with Crippen LogP contribution in [0.15, 0.2) is 18.2 Å². The van der Waals surface area contributed by atoms with Crippen LogP contribution in [0.2, 0.25) is 0 Å². The number of nitrogen functional groups attached to an aromatic ring is 1. The summed E-state index contributed by atoms with van der Waals surface area (Å²) in [5.41, 5.74) is 12.5. The van der Waals surface area contributed by atoms with Crippen LogP contribution < -0.4 is 16.8 Å². The average molecular weight is 193 g/mol. The molecule has 4 nitrogen and oxygen atoms in total. The van der Waals surface area contributed by atoms with E-state index in [9.17, 15) is 4.79 Å². The van der Waals surface area contributed by atoms with Crippen molar-refractivity contribution in [3.8, 4) is 0 Å². The lowest BCUT2D eigenvalue weighted by atomic mass is 10.1. The number of benzene rings is 1. The molecule has 0 bridgehead atoms. The fourth-order valence-corrected chi connectivity index (χ4v) is 1.20. The van der Waals surface area contributed by atoms with Gasteiger partial charge in [-0.15, -0.1) is 0 Å². The molecule has 0 aromatic heterocycles. The summed E-state index contributed by atoms with van der Waals surface area (Å²) in [4.78, 5) is 11.1. The van der Waals surface area contributed by atoms with Crippen LogP contribution in [0.4, 0.5) is 11.4 Å². The second kappa shape index (κ2) is 4.00.